The van der Waals surface area contributed by atoms with Crippen LogP contribution in [0.1, 0.15) is 16.4 Å². The van der Waals surface area contributed by atoms with Gasteiger partial charge in [-0.2, -0.15) is 4.68 Å². The summed E-state index contributed by atoms with van der Waals surface area (Å²) in [5.41, 5.74) is 1.53. The lowest BCUT2D eigenvalue weighted by atomic mass is 10.1. The molecule has 0 aliphatic carbocycles. The predicted octanol–water partition coefficient (Wildman–Crippen LogP) is 1.68. The molecule has 1 amide bonds. The zero-order chi connectivity index (χ0) is 23.7. The lowest BCUT2D eigenvalue weighted by molar-refractivity contribution is 0.0606. The maximum atomic E-state index is 12.7. The van der Waals surface area contributed by atoms with Gasteiger partial charge in [-0.1, -0.05) is 11.2 Å². The summed E-state index contributed by atoms with van der Waals surface area (Å²) in [4.78, 5) is 14.7. The number of nitrogens with zero attached hydrogens (tertiary/aromatic N) is 5. The molecule has 11 nitrogen and oxygen atoms in total. The van der Waals surface area contributed by atoms with E-state index in [1.54, 1.807) is 36.1 Å². The number of hydrogen-bond donors (Lipinski definition) is 1. The van der Waals surface area contributed by atoms with Gasteiger partial charge in [-0.15, -0.1) is 0 Å². The van der Waals surface area contributed by atoms with Gasteiger partial charge in [0.1, 0.15) is 29.7 Å². The van der Waals surface area contributed by atoms with Crippen LogP contribution >= 0.6 is 0 Å². The van der Waals surface area contributed by atoms with Crippen molar-refractivity contribution in [1.29, 1.82) is 0 Å². The summed E-state index contributed by atoms with van der Waals surface area (Å²) in [6.45, 7) is 0.667. The Labute approximate surface area is 196 Å². The first kappa shape index (κ1) is 22.1. The summed E-state index contributed by atoms with van der Waals surface area (Å²) < 4.78 is 24.7. The Balaban J connectivity index is 1.26. The third kappa shape index (κ3) is 4.27. The molecule has 2 fully saturated rings. The Morgan fingerprint density at radius 1 is 1.09 bits per heavy atom. The van der Waals surface area contributed by atoms with Gasteiger partial charge in [0.15, 0.2) is 0 Å². The minimum absolute atomic E-state index is 0.198. The number of fused-ring (bicyclic) bond motifs is 1. The second-order valence-corrected chi connectivity index (χ2v) is 8.37. The Morgan fingerprint density at radius 3 is 2.65 bits per heavy atom. The monoisotopic (exact) mass is 466 g/mol. The molecule has 1 N–H and O–H groups in total. The van der Waals surface area contributed by atoms with Crippen molar-refractivity contribution < 1.29 is 23.7 Å². The fourth-order valence-electron chi connectivity index (χ4n) is 4.20. The van der Waals surface area contributed by atoms with Crippen LogP contribution in [0.2, 0.25) is 0 Å². The molecular formula is C23H26N6O5. The van der Waals surface area contributed by atoms with Gasteiger partial charge in [-0.05, 0) is 46.8 Å². The number of methoxy groups -OCH3 is 1. The van der Waals surface area contributed by atoms with Gasteiger partial charge < -0.3 is 29.2 Å². The van der Waals surface area contributed by atoms with E-state index in [-0.39, 0.29) is 36.2 Å². The predicted molar refractivity (Wildman–Crippen MR) is 121 cm³/mol. The molecule has 3 aromatic rings. The van der Waals surface area contributed by atoms with E-state index in [1.165, 1.54) is 0 Å². The fraction of sp³-hybridized carbons (Fsp3) is 0.391. The molecule has 0 saturated carbocycles. The molecule has 178 valence electrons. The minimum Gasteiger partial charge on any atom is -0.497 e. The van der Waals surface area contributed by atoms with E-state index in [0.717, 1.165) is 5.69 Å². The van der Waals surface area contributed by atoms with Gasteiger partial charge in [-0.25, -0.2) is 0 Å². The lowest BCUT2D eigenvalue weighted by Gasteiger charge is -2.18. The maximum absolute atomic E-state index is 12.7. The first-order valence-corrected chi connectivity index (χ1v) is 10.9. The number of benzene rings is 2. The number of tetrazole rings is 1. The summed E-state index contributed by atoms with van der Waals surface area (Å²) in [6, 6.07) is 14.3. The molecule has 11 heteroatoms. The van der Waals surface area contributed by atoms with Crippen LogP contribution in [0.15, 0.2) is 48.5 Å². The number of amides is 1. The van der Waals surface area contributed by atoms with Crippen molar-refractivity contribution in [2.75, 3.05) is 39.3 Å². The molecule has 3 heterocycles. The number of aromatic nitrogens is 4. The maximum Gasteiger partial charge on any atom is 0.341 e. The third-order valence-electron chi connectivity index (χ3n) is 6.02. The SMILES string of the molecule is COc1ccc(C(=O)NC2COC3C2OCC3n2nnnc2Oc2cccc(N(C)C)c2)cc1. The second kappa shape index (κ2) is 9.27. The fourth-order valence-corrected chi connectivity index (χ4v) is 4.20. The van der Waals surface area contributed by atoms with Gasteiger partial charge in [0.25, 0.3) is 5.91 Å². The van der Waals surface area contributed by atoms with Crippen molar-refractivity contribution in [2.24, 2.45) is 0 Å². The van der Waals surface area contributed by atoms with Crippen molar-refractivity contribution in [3.63, 3.8) is 0 Å². The van der Waals surface area contributed by atoms with Crippen molar-refractivity contribution in [3.8, 4) is 17.5 Å². The molecule has 0 bridgehead atoms. The Bertz CT molecular complexity index is 1150. The van der Waals surface area contributed by atoms with Crippen LogP contribution in [0.3, 0.4) is 0 Å². The molecule has 2 saturated heterocycles. The largest absolute Gasteiger partial charge is 0.497 e. The molecule has 0 spiro atoms. The summed E-state index contributed by atoms with van der Waals surface area (Å²) >= 11 is 0. The van der Waals surface area contributed by atoms with Gasteiger partial charge >= 0.3 is 6.01 Å². The highest BCUT2D eigenvalue weighted by atomic mass is 16.6. The summed E-state index contributed by atoms with van der Waals surface area (Å²) in [5.74, 6) is 1.11. The van der Waals surface area contributed by atoms with Gasteiger partial charge in [0.05, 0.1) is 26.4 Å². The molecule has 2 aliphatic heterocycles. The number of carbonyl (C=O) groups excluding carboxylic acids is 1. The zero-order valence-electron chi connectivity index (χ0n) is 19.1. The molecule has 1 aromatic heterocycles. The Kier molecular flexibility index (Phi) is 6.03. The van der Waals surface area contributed by atoms with Crippen LogP contribution < -0.4 is 19.7 Å². The number of rotatable bonds is 7. The lowest BCUT2D eigenvalue weighted by Crippen LogP contribution is -2.44. The normalized spacial score (nSPS) is 23.4. The number of anilines is 1. The second-order valence-electron chi connectivity index (χ2n) is 8.37. The van der Waals surface area contributed by atoms with Crippen molar-refractivity contribution in [1.82, 2.24) is 25.5 Å². The standard InChI is InChI=1S/C23H26N6O5/c1-28(2)15-5-4-6-17(11-15)34-23-25-26-27-29(23)19-13-33-20-18(12-32-21(19)20)24-22(30)14-7-9-16(31-3)10-8-14/h4-11,18-21H,12-13H2,1-3H3,(H,24,30). The average Bonchev–Trinajstić information content (AvgIpc) is 3.57. The highest BCUT2D eigenvalue weighted by molar-refractivity contribution is 5.94. The van der Waals surface area contributed by atoms with Crippen LogP contribution in [0.4, 0.5) is 5.69 Å². The molecule has 34 heavy (non-hydrogen) atoms. The van der Waals surface area contributed by atoms with Crippen LogP contribution in [-0.4, -0.2) is 78.8 Å². The average molecular weight is 466 g/mol. The number of ether oxygens (including phenoxy) is 4. The van der Waals surface area contributed by atoms with Crippen LogP contribution in [-0.2, 0) is 9.47 Å². The summed E-state index contributed by atoms with van der Waals surface area (Å²) in [5, 5.41) is 15.0. The van der Waals surface area contributed by atoms with E-state index >= 15 is 0 Å². The Hall–Kier alpha value is -3.70. The molecule has 0 radical (unpaired) electrons. The highest BCUT2D eigenvalue weighted by Crippen LogP contribution is 2.36. The van der Waals surface area contributed by atoms with Crippen molar-refractivity contribution >= 4 is 11.6 Å². The molecule has 5 rings (SSSR count). The molecule has 4 atom stereocenters. The molecule has 2 aliphatic rings. The molecule has 4 unspecified atom stereocenters. The van der Waals surface area contributed by atoms with Gasteiger partial charge in [0, 0.05) is 31.4 Å². The smallest absolute Gasteiger partial charge is 0.341 e. The van der Waals surface area contributed by atoms with E-state index in [9.17, 15) is 4.79 Å². The van der Waals surface area contributed by atoms with E-state index < -0.39 is 0 Å². The highest BCUT2D eigenvalue weighted by Gasteiger charge is 2.50. The topological polar surface area (TPSA) is 113 Å². The van der Waals surface area contributed by atoms with Gasteiger partial charge in [-0.3, -0.25) is 4.79 Å². The minimum atomic E-state index is -0.319. The quantitative estimate of drug-likeness (QED) is 0.556. The van der Waals surface area contributed by atoms with Crippen molar-refractivity contribution in [2.45, 2.75) is 24.3 Å². The zero-order valence-corrected chi connectivity index (χ0v) is 19.1. The number of hydrogen-bond acceptors (Lipinski definition) is 9. The Morgan fingerprint density at radius 2 is 1.88 bits per heavy atom. The van der Waals surface area contributed by atoms with E-state index in [4.69, 9.17) is 18.9 Å². The van der Waals surface area contributed by atoms with Crippen LogP contribution in [0, 0.1) is 0 Å². The number of nitrogens with one attached hydrogen (secondary N) is 1. The van der Waals surface area contributed by atoms with Crippen molar-refractivity contribution in [3.05, 3.63) is 54.1 Å². The molecular weight excluding hydrogens is 440 g/mol. The van der Waals surface area contributed by atoms with Crippen LogP contribution in [0.5, 0.6) is 17.5 Å². The van der Waals surface area contributed by atoms with Crippen LogP contribution in [0.25, 0.3) is 0 Å². The summed E-state index contributed by atoms with van der Waals surface area (Å²) in [6.07, 6.45) is -0.638. The number of carbonyl (C=O) groups is 1. The first-order chi connectivity index (χ1) is 16.5. The van der Waals surface area contributed by atoms with Gasteiger partial charge in [0.2, 0.25) is 0 Å². The molecule has 2 aromatic carbocycles. The first-order valence-electron chi connectivity index (χ1n) is 10.9. The van der Waals surface area contributed by atoms with E-state index in [0.29, 0.717) is 30.3 Å². The van der Waals surface area contributed by atoms with E-state index in [1.807, 2.05) is 43.3 Å². The third-order valence-corrected chi connectivity index (χ3v) is 6.02. The summed E-state index contributed by atoms with van der Waals surface area (Å²) in [7, 11) is 5.50. The van der Waals surface area contributed by atoms with E-state index in [2.05, 4.69) is 20.8 Å².